The van der Waals surface area contributed by atoms with Gasteiger partial charge in [0, 0.05) is 12.8 Å². The Morgan fingerprint density at radius 2 is 0.859 bits per heavy atom. The topological polar surface area (TPSA) is 58.2 Å². The van der Waals surface area contributed by atoms with Crippen molar-refractivity contribution in [3.05, 3.63) is 181 Å². The van der Waals surface area contributed by atoms with Crippen LogP contribution in [0.3, 0.4) is 0 Å². The average molecular weight is 964 g/mol. The summed E-state index contributed by atoms with van der Waals surface area (Å²) >= 11 is -0.826. The fourth-order valence-electron chi connectivity index (χ4n) is 7.72. The summed E-state index contributed by atoms with van der Waals surface area (Å²) in [6.07, 6.45) is 3.14. The van der Waals surface area contributed by atoms with E-state index in [2.05, 4.69) is 208 Å². The number of benzene rings is 6. The van der Waals surface area contributed by atoms with Gasteiger partial charge in [0.25, 0.3) is 0 Å². The summed E-state index contributed by atoms with van der Waals surface area (Å²) < 4.78 is 0. The second-order valence-corrected chi connectivity index (χ2v) is 19.4. The van der Waals surface area contributed by atoms with Crippen molar-refractivity contribution >= 4 is 57.9 Å². The molecule has 2 atom stereocenters. The number of hydrogen-bond donors (Lipinski definition) is 2. The molecule has 0 heterocycles. The van der Waals surface area contributed by atoms with Gasteiger partial charge in [-0.25, -0.2) is 0 Å². The number of rotatable bonds is 12. The standard InChI is InChI=1S/2C25H23.C6H12BN2O2.2ClH.Zr/c2*1-3-18(2)22-13-7-8-14-23(22)24-15-9-12-20-16-21(17-25(20)24)19-10-5-4-6-11-19;1-3-5(10)8-7-9-6(11)4-2;;;/h2*4-18H,3H2,1-2H3;3-4H2,1-2H3,(H,8,10)(H,9,11);2*1H;/q2*-1;;;;+4/p-2. The van der Waals surface area contributed by atoms with E-state index in [9.17, 15) is 9.59 Å². The van der Waals surface area contributed by atoms with Crippen molar-refractivity contribution in [2.45, 2.75) is 79.1 Å². The number of halogens is 2. The SMILES string of the molecule is CCC(=O)N[B]NC(=O)CC.CCC(C)c1ccccc1-c1cccc2[cH-]c(-c3ccccc3)cc12.CCC(C)c1ccccc1-c1cccc2[cH-]c(-c3ccccc3)cc12.[Cl][Zr+2][Cl]. The van der Waals surface area contributed by atoms with E-state index in [4.69, 9.17) is 17.0 Å². The summed E-state index contributed by atoms with van der Waals surface area (Å²) in [4.78, 5) is 21.2. The van der Waals surface area contributed by atoms with Crippen LogP contribution in [0.25, 0.3) is 66.1 Å². The summed E-state index contributed by atoms with van der Waals surface area (Å²) in [7, 11) is 11.1. The van der Waals surface area contributed by atoms with E-state index < -0.39 is 20.8 Å². The second kappa shape index (κ2) is 26.1. The molecule has 2 N–H and O–H groups in total. The molecular weight excluding hydrogens is 906 g/mol. The molecule has 0 fully saturated rings. The second-order valence-electron chi connectivity index (χ2n) is 15.7. The Bertz CT molecular complexity index is 2490. The van der Waals surface area contributed by atoms with Crippen LogP contribution >= 0.6 is 17.0 Å². The molecule has 8 aromatic carbocycles. The third-order valence-electron chi connectivity index (χ3n) is 11.6. The van der Waals surface area contributed by atoms with Crippen LogP contribution < -0.4 is 10.5 Å². The third kappa shape index (κ3) is 13.5. The van der Waals surface area contributed by atoms with Gasteiger partial charge >= 0.3 is 45.4 Å². The van der Waals surface area contributed by atoms with E-state index in [0.29, 0.717) is 24.7 Å². The summed E-state index contributed by atoms with van der Waals surface area (Å²) in [6.45, 7) is 12.6. The van der Waals surface area contributed by atoms with Gasteiger partial charge in [-0.1, -0.05) is 197 Å². The summed E-state index contributed by atoms with van der Waals surface area (Å²) in [5.74, 6) is 0.910. The molecule has 64 heavy (non-hydrogen) atoms. The molecule has 2 unspecified atom stereocenters. The minimum atomic E-state index is -0.826. The molecule has 1 radical (unpaired) electrons. The number of amides is 2. The first-order valence-corrected chi connectivity index (χ1v) is 28.6. The fraction of sp³-hybridized carbons (Fsp3) is 0.214. The van der Waals surface area contributed by atoms with Crippen molar-refractivity contribution in [2.24, 2.45) is 0 Å². The van der Waals surface area contributed by atoms with E-state index in [-0.39, 0.29) is 11.8 Å². The molecule has 2 amide bonds. The van der Waals surface area contributed by atoms with Crippen LogP contribution in [-0.4, -0.2) is 19.4 Å². The van der Waals surface area contributed by atoms with Crippen molar-refractivity contribution in [3.63, 3.8) is 0 Å². The molecule has 0 aromatic heterocycles. The Morgan fingerprint density at radius 1 is 0.516 bits per heavy atom. The maximum absolute atomic E-state index is 10.6. The van der Waals surface area contributed by atoms with Crippen molar-refractivity contribution in [2.75, 3.05) is 0 Å². The number of nitrogens with one attached hydrogen (secondary N) is 2. The van der Waals surface area contributed by atoms with Crippen LogP contribution in [0.15, 0.2) is 170 Å². The molecule has 0 saturated heterocycles. The molecule has 0 aliphatic heterocycles. The van der Waals surface area contributed by atoms with Gasteiger partial charge in [0.15, 0.2) is 0 Å². The molecule has 0 spiro atoms. The van der Waals surface area contributed by atoms with Crippen LogP contribution in [0.4, 0.5) is 0 Å². The van der Waals surface area contributed by atoms with Crippen LogP contribution in [-0.2, 0) is 30.4 Å². The van der Waals surface area contributed by atoms with E-state index in [1.165, 1.54) is 84.7 Å². The van der Waals surface area contributed by atoms with Gasteiger partial charge in [-0.15, -0.1) is 69.1 Å². The number of carbonyl (C=O) groups excluding carboxylic acids is 2. The summed E-state index contributed by atoms with van der Waals surface area (Å²) in [6, 6.07) is 61.6. The Balaban J connectivity index is 0.000000188. The molecule has 0 aliphatic rings. The third-order valence-corrected chi connectivity index (χ3v) is 11.6. The molecule has 0 bridgehead atoms. The average Bonchev–Trinajstić information content (AvgIpc) is 4.00. The van der Waals surface area contributed by atoms with E-state index in [1.54, 1.807) is 13.8 Å². The Hall–Kier alpha value is -4.99. The molecule has 4 nitrogen and oxygen atoms in total. The monoisotopic (exact) mass is 961 g/mol. The number of carbonyl (C=O) groups is 2. The molecule has 0 aliphatic carbocycles. The molecule has 8 heteroatoms. The van der Waals surface area contributed by atoms with Gasteiger partial charge in [0.1, 0.15) is 0 Å². The fourth-order valence-corrected chi connectivity index (χ4v) is 7.72. The first kappa shape index (κ1) is 50.0. The predicted molar refractivity (Wildman–Crippen MR) is 273 cm³/mol. The van der Waals surface area contributed by atoms with Crippen molar-refractivity contribution in [3.8, 4) is 44.5 Å². The minimum absolute atomic E-state index is 0.110. The van der Waals surface area contributed by atoms with Gasteiger partial charge in [-0.05, 0) is 46.9 Å². The molecule has 0 saturated carbocycles. The van der Waals surface area contributed by atoms with E-state index >= 15 is 0 Å². The Labute approximate surface area is 400 Å². The van der Waals surface area contributed by atoms with Gasteiger partial charge in [0.05, 0.1) is 0 Å². The summed E-state index contributed by atoms with van der Waals surface area (Å²) in [5.41, 5.74) is 13.5. The van der Waals surface area contributed by atoms with Gasteiger partial charge in [-0.3, -0.25) is 9.59 Å². The number of fused-ring (bicyclic) bond motifs is 2. The molecule has 8 rings (SSSR count). The van der Waals surface area contributed by atoms with Gasteiger partial charge < -0.3 is 10.5 Å². The van der Waals surface area contributed by atoms with Crippen molar-refractivity contribution in [1.29, 1.82) is 0 Å². The van der Waals surface area contributed by atoms with Crippen LogP contribution in [0.5, 0.6) is 0 Å². The zero-order valence-electron chi connectivity index (χ0n) is 37.8. The quantitative estimate of drug-likeness (QED) is 0.0947. The molecular formula is C56H58BCl2N2O2Zr. The van der Waals surface area contributed by atoms with E-state index in [0.717, 1.165) is 12.8 Å². The Kier molecular flexibility index (Phi) is 20.4. The van der Waals surface area contributed by atoms with Gasteiger partial charge in [0.2, 0.25) is 11.8 Å². The zero-order chi connectivity index (χ0) is 45.8. The van der Waals surface area contributed by atoms with Crippen molar-refractivity contribution < 1.29 is 30.4 Å². The number of hydrogen-bond acceptors (Lipinski definition) is 2. The van der Waals surface area contributed by atoms with Crippen LogP contribution in [0, 0.1) is 0 Å². The normalized spacial score (nSPS) is 11.3. The first-order chi connectivity index (χ1) is 31.2. The Morgan fingerprint density at radius 3 is 1.22 bits per heavy atom. The van der Waals surface area contributed by atoms with Gasteiger partial charge in [-0.2, -0.15) is 0 Å². The predicted octanol–water partition coefficient (Wildman–Crippen LogP) is 15.8. The maximum atomic E-state index is 10.6. The zero-order valence-corrected chi connectivity index (χ0v) is 41.8. The molecule has 325 valence electrons. The van der Waals surface area contributed by atoms with Crippen LogP contribution in [0.2, 0.25) is 0 Å². The first-order valence-electron chi connectivity index (χ1n) is 22.2. The molecule has 8 aromatic rings. The van der Waals surface area contributed by atoms with E-state index in [1.807, 2.05) is 0 Å². The van der Waals surface area contributed by atoms with Crippen molar-refractivity contribution in [1.82, 2.24) is 10.5 Å². The summed E-state index contributed by atoms with van der Waals surface area (Å²) in [5, 5.41) is 10.1. The van der Waals surface area contributed by atoms with Crippen LogP contribution in [0.1, 0.15) is 90.2 Å².